The molecule has 1 aromatic rings. The van der Waals surface area contributed by atoms with Crippen molar-refractivity contribution in [2.75, 3.05) is 6.54 Å². The van der Waals surface area contributed by atoms with E-state index in [0.29, 0.717) is 11.5 Å². The van der Waals surface area contributed by atoms with Crippen LogP contribution in [0.1, 0.15) is 65.0 Å². The van der Waals surface area contributed by atoms with Crippen LogP contribution in [0.25, 0.3) is 0 Å². The lowest BCUT2D eigenvalue weighted by molar-refractivity contribution is 0.221. The average molecular weight is 276 g/mol. The molecule has 20 heavy (non-hydrogen) atoms. The van der Waals surface area contributed by atoms with Gasteiger partial charge in [0.1, 0.15) is 5.75 Å². The lowest BCUT2D eigenvalue weighted by Crippen LogP contribution is -2.34. The van der Waals surface area contributed by atoms with Gasteiger partial charge in [0, 0.05) is 12.2 Å². The summed E-state index contributed by atoms with van der Waals surface area (Å²) in [6.45, 7) is 9.66. The van der Waals surface area contributed by atoms with Crippen LogP contribution < -0.4 is 10.1 Å². The van der Waals surface area contributed by atoms with Crippen LogP contribution in [0.3, 0.4) is 0 Å². The first-order valence-electron chi connectivity index (χ1n) is 7.90. The lowest BCUT2D eigenvalue weighted by Gasteiger charge is -2.35. The van der Waals surface area contributed by atoms with E-state index >= 15 is 0 Å². The van der Waals surface area contributed by atoms with E-state index in [-0.39, 0.29) is 6.10 Å². The highest BCUT2D eigenvalue weighted by molar-refractivity contribution is 5.28. The summed E-state index contributed by atoms with van der Waals surface area (Å²) in [5, 5.41) is 3.67. The van der Waals surface area contributed by atoms with Crippen LogP contribution in [-0.2, 0) is 0 Å². The van der Waals surface area contributed by atoms with Crippen molar-refractivity contribution in [1.29, 1.82) is 0 Å². The van der Waals surface area contributed by atoms with Gasteiger partial charge in [-0.1, -0.05) is 26.7 Å². The van der Waals surface area contributed by atoms with Crippen molar-refractivity contribution in [2.24, 2.45) is 5.41 Å². The summed E-state index contributed by atoms with van der Waals surface area (Å²) >= 11 is 0. The van der Waals surface area contributed by atoms with Gasteiger partial charge in [0.25, 0.3) is 0 Å². The molecule has 0 aromatic carbocycles. The number of nitrogens with one attached hydrogen (secondary N) is 1. The summed E-state index contributed by atoms with van der Waals surface area (Å²) in [6.07, 6.45) is 9.25. The van der Waals surface area contributed by atoms with Gasteiger partial charge in [-0.05, 0) is 50.3 Å². The van der Waals surface area contributed by atoms with Crippen molar-refractivity contribution in [3.63, 3.8) is 0 Å². The second-order valence-corrected chi connectivity index (χ2v) is 6.47. The van der Waals surface area contributed by atoms with Gasteiger partial charge in [0.15, 0.2) is 0 Å². The maximum Gasteiger partial charge on any atom is 0.138 e. The van der Waals surface area contributed by atoms with Crippen LogP contribution in [0.15, 0.2) is 18.5 Å². The van der Waals surface area contributed by atoms with Gasteiger partial charge >= 0.3 is 0 Å². The van der Waals surface area contributed by atoms with Crippen LogP contribution in [-0.4, -0.2) is 17.6 Å². The Morgan fingerprint density at radius 1 is 1.30 bits per heavy atom. The topological polar surface area (TPSA) is 34.2 Å². The highest BCUT2D eigenvalue weighted by atomic mass is 16.5. The smallest absolute Gasteiger partial charge is 0.138 e. The molecule has 0 aliphatic heterocycles. The fourth-order valence-electron chi connectivity index (χ4n) is 3.37. The maximum absolute atomic E-state index is 5.79. The first-order valence-corrected chi connectivity index (χ1v) is 7.90. The number of hydrogen-bond acceptors (Lipinski definition) is 3. The fourth-order valence-corrected chi connectivity index (χ4v) is 3.37. The van der Waals surface area contributed by atoms with E-state index in [1.165, 1.54) is 31.2 Å². The highest BCUT2D eigenvalue weighted by Gasteiger charge is 2.37. The molecule has 1 atom stereocenters. The SMILES string of the molecule is CCNC(c1cncc(OC(C)C)c1)C1(C)CCCC1. The van der Waals surface area contributed by atoms with E-state index in [1.807, 2.05) is 26.2 Å². The van der Waals surface area contributed by atoms with E-state index in [9.17, 15) is 0 Å². The third-order valence-corrected chi connectivity index (χ3v) is 4.29. The predicted octanol–water partition coefficient (Wildman–Crippen LogP) is 4.10. The Labute approximate surface area is 123 Å². The zero-order valence-electron chi connectivity index (χ0n) is 13.3. The van der Waals surface area contributed by atoms with Crippen LogP contribution in [0.4, 0.5) is 0 Å². The molecule has 3 heteroatoms. The molecule has 0 radical (unpaired) electrons. The Hall–Kier alpha value is -1.09. The summed E-state index contributed by atoms with van der Waals surface area (Å²) in [5.74, 6) is 0.877. The van der Waals surface area contributed by atoms with Gasteiger partial charge in [-0.15, -0.1) is 0 Å². The second-order valence-electron chi connectivity index (χ2n) is 6.47. The number of hydrogen-bond donors (Lipinski definition) is 1. The normalized spacial score (nSPS) is 19.2. The molecule has 1 fully saturated rings. The molecule has 0 amide bonds. The molecule has 1 aliphatic rings. The number of aromatic nitrogens is 1. The second kappa shape index (κ2) is 6.57. The molecule has 0 saturated heterocycles. The minimum atomic E-state index is 0.187. The molecule has 0 bridgehead atoms. The molecule has 1 unspecified atom stereocenters. The van der Waals surface area contributed by atoms with Crippen LogP contribution in [0.5, 0.6) is 5.75 Å². The number of ether oxygens (including phenoxy) is 1. The van der Waals surface area contributed by atoms with E-state index in [2.05, 4.69) is 30.2 Å². The standard InChI is InChI=1S/C17H28N2O/c1-5-19-16(17(4)8-6-7-9-17)14-10-15(12-18-11-14)20-13(2)3/h10-13,16,19H,5-9H2,1-4H3. The third-order valence-electron chi connectivity index (χ3n) is 4.29. The Morgan fingerprint density at radius 2 is 2.00 bits per heavy atom. The Balaban J connectivity index is 2.24. The van der Waals surface area contributed by atoms with Gasteiger partial charge in [-0.3, -0.25) is 4.98 Å². The summed E-state index contributed by atoms with van der Waals surface area (Å²) in [4.78, 5) is 4.38. The van der Waals surface area contributed by atoms with Gasteiger partial charge in [0.05, 0.1) is 12.3 Å². The number of rotatable bonds is 6. The highest BCUT2D eigenvalue weighted by Crippen LogP contribution is 2.47. The molecule has 1 saturated carbocycles. The van der Waals surface area contributed by atoms with Crippen molar-refractivity contribution in [3.05, 3.63) is 24.0 Å². The molecule has 1 N–H and O–H groups in total. The molecule has 1 heterocycles. The van der Waals surface area contributed by atoms with Crippen LogP contribution >= 0.6 is 0 Å². The Bertz CT molecular complexity index is 425. The summed E-state index contributed by atoms with van der Waals surface area (Å²) in [5.41, 5.74) is 1.60. The van der Waals surface area contributed by atoms with Crippen molar-refractivity contribution in [1.82, 2.24) is 10.3 Å². The number of nitrogens with zero attached hydrogens (tertiary/aromatic N) is 1. The van der Waals surface area contributed by atoms with Gasteiger partial charge in [0.2, 0.25) is 0 Å². The summed E-state index contributed by atoms with van der Waals surface area (Å²) < 4.78 is 5.79. The lowest BCUT2D eigenvalue weighted by atomic mass is 9.77. The quantitative estimate of drug-likeness (QED) is 0.849. The first kappa shape index (κ1) is 15.3. The third kappa shape index (κ3) is 3.51. The molecule has 1 aliphatic carbocycles. The monoisotopic (exact) mass is 276 g/mol. The average Bonchev–Trinajstić information content (AvgIpc) is 2.83. The molecular formula is C17H28N2O. The van der Waals surface area contributed by atoms with Crippen molar-refractivity contribution >= 4 is 0 Å². The summed E-state index contributed by atoms with van der Waals surface area (Å²) in [6, 6.07) is 2.53. The minimum absolute atomic E-state index is 0.187. The zero-order chi connectivity index (χ0) is 14.6. The van der Waals surface area contributed by atoms with Gasteiger partial charge < -0.3 is 10.1 Å². The van der Waals surface area contributed by atoms with Gasteiger partial charge in [-0.25, -0.2) is 0 Å². The minimum Gasteiger partial charge on any atom is -0.489 e. The molecule has 3 nitrogen and oxygen atoms in total. The molecular weight excluding hydrogens is 248 g/mol. The van der Waals surface area contributed by atoms with E-state index in [4.69, 9.17) is 4.74 Å². The molecule has 0 spiro atoms. The fraction of sp³-hybridized carbons (Fsp3) is 0.706. The maximum atomic E-state index is 5.79. The van der Waals surface area contributed by atoms with E-state index < -0.39 is 0 Å². The first-order chi connectivity index (χ1) is 9.55. The molecule has 1 aromatic heterocycles. The van der Waals surface area contributed by atoms with Crippen molar-refractivity contribution in [2.45, 2.75) is 65.5 Å². The Kier molecular flexibility index (Phi) is 5.03. The van der Waals surface area contributed by atoms with Crippen molar-refractivity contribution < 1.29 is 4.74 Å². The van der Waals surface area contributed by atoms with Gasteiger partial charge in [-0.2, -0.15) is 0 Å². The number of pyridine rings is 1. The van der Waals surface area contributed by atoms with Crippen molar-refractivity contribution in [3.8, 4) is 5.75 Å². The molecule has 2 rings (SSSR count). The van der Waals surface area contributed by atoms with Crippen LogP contribution in [0.2, 0.25) is 0 Å². The predicted molar refractivity (Wildman–Crippen MR) is 83.0 cm³/mol. The van der Waals surface area contributed by atoms with E-state index in [1.54, 1.807) is 0 Å². The zero-order valence-corrected chi connectivity index (χ0v) is 13.3. The van der Waals surface area contributed by atoms with E-state index in [0.717, 1.165) is 12.3 Å². The Morgan fingerprint density at radius 3 is 2.60 bits per heavy atom. The van der Waals surface area contributed by atoms with Crippen LogP contribution in [0, 0.1) is 5.41 Å². The largest absolute Gasteiger partial charge is 0.489 e. The molecule has 112 valence electrons. The summed E-state index contributed by atoms with van der Waals surface area (Å²) in [7, 11) is 0.